The molecular weight excluding hydrogens is 324 g/mol. The van der Waals surface area contributed by atoms with Crippen LogP contribution >= 0.6 is 11.3 Å². The third-order valence-electron chi connectivity index (χ3n) is 3.84. The monoisotopic (exact) mass is 340 g/mol. The van der Waals surface area contributed by atoms with Gasteiger partial charge in [0.25, 0.3) is 5.91 Å². The van der Waals surface area contributed by atoms with E-state index in [0.717, 1.165) is 10.6 Å². The van der Waals surface area contributed by atoms with E-state index in [9.17, 15) is 4.79 Å². The molecule has 0 radical (unpaired) electrons. The lowest BCUT2D eigenvalue weighted by Crippen LogP contribution is -2.41. The van der Waals surface area contributed by atoms with Gasteiger partial charge in [0.2, 0.25) is 5.82 Å². The van der Waals surface area contributed by atoms with Crippen LogP contribution in [0.4, 0.5) is 0 Å². The van der Waals surface area contributed by atoms with Crippen molar-refractivity contribution in [2.45, 2.75) is 0 Å². The second-order valence-electron chi connectivity index (χ2n) is 5.39. The summed E-state index contributed by atoms with van der Waals surface area (Å²) in [4.78, 5) is 20.0. The van der Waals surface area contributed by atoms with E-state index in [2.05, 4.69) is 10.1 Å². The molecule has 1 aliphatic rings. The van der Waals surface area contributed by atoms with E-state index >= 15 is 0 Å². The summed E-state index contributed by atoms with van der Waals surface area (Å²) < 4.78 is 7.04. The minimum atomic E-state index is -0.147. The van der Waals surface area contributed by atoms with Gasteiger partial charge < -0.3 is 9.64 Å². The number of carbonyl (C=O) groups is 1. The van der Waals surface area contributed by atoms with Crippen molar-refractivity contribution in [3.8, 4) is 16.4 Å². The number of ether oxygens (including phenoxy) is 1. The molecule has 6 nitrogen and oxygen atoms in total. The Hall–Kier alpha value is -2.51. The SMILES string of the molecule is O=C(c1nc(-c2cccs2)n(-c2ccccc2)n1)N1CCOCC1. The van der Waals surface area contributed by atoms with Gasteiger partial charge in [-0.1, -0.05) is 24.3 Å². The number of morpholine rings is 1. The number of thiophene rings is 1. The number of benzene rings is 1. The summed E-state index contributed by atoms with van der Waals surface area (Å²) in [5, 5.41) is 6.48. The van der Waals surface area contributed by atoms with E-state index < -0.39 is 0 Å². The van der Waals surface area contributed by atoms with Crippen molar-refractivity contribution in [3.05, 3.63) is 53.7 Å². The second-order valence-corrected chi connectivity index (χ2v) is 6.34. The average Bonchev–Trinajstić information content (AvgIpc) is 3.32. The van der Waals surface area contributed by atoms with E-state index in [-0.39, 0.29) is 11.7 Å². The molecular formula is C17H16N4O2S. The highest BCUT2D eigenvalue weighted by molar-refractivity contribution is 7.13. The number of hydrogen-bond donors (Lipinski definition) is 0. The fraction of sp³-hybridized carbons (Fsp3) is 0.235. The number of nitrogens with zero attached hydrogens (tertiary/aromatic N) is 4. The molecule has 7 heteroatoms. The van der Waals surface area contributed by atoms with Crippen molar-refractivity contribution >= 4 is 17.2 Å². The highest BCUT2D eigenvalue weighted by atomic mass is 32.1. The Balaban J connectivity index is 1.75. The first kappa shape index (κ1) is 15.0. The van der Waals surface area contributed by atoms with Crippen LogP contribution in [0.25, 0.3) is 16.4 Å². The molecule has 1 amide bonds. The number of carbonyl (C=O) groups excluding carboxylic acids is 1. The van der Waals surface area contributed by atoms with Crippen LogP contribution in [-0.4, -0.2) is 51.9 Å². The Kier molecular flexibility index (Phi) is 4.10. The molecule has 0 unspecified atom stereocenters. The Labute approximate surface area is 143 Å². The topological polar surface area (TPSA) is 60.2 Å². The van der Waals surface area contributed by atoms with E-state index in [1.54, 1.807) is 20.9 Å². The van der Waals surface area contributed by atoms with Crippen molar-refractivity contribution < 1.29 is 9.53 Å². The first-order chi connectivity index (χ1) is 11.8. The smallest absolute Gasteiger partial charge is 0.293 e. The van der Waals surface area contributed by atoms with Crippen LogP contribution in [0.1, 0.15) is 10.6 Å². The molecule has 4 rings (SSSR count). The molecule has 0 spiro atoms. The Morgan fingerprint density at radius 1 is 1.08 bits per heavy atom. The Morgan fingerprint density at radius 2 is 1.88 bits per heavy atom. The van der Waals surface area contributed by atoms with Crippen molar-refractivity contribution in [1.82, 2.24) is 19.7 Å². The number of amides is 1. The summed E-state index contributed by atoms with van der Waals surface area (Å²) in [5.74, 6) is 0.766. The molecule has 0 saturated carbocycles. The molecule has 2 aromatic heterocycles. The van der Waals surface area contributed by atoms with Crippen molar-refractivity contribution in [1.29, 1.82) is 0 Å². The van der Waals surface area contributed by atoms with Crippen LogP contribution in [0, 0.1) is 0 Å². The van der Waals surface area contributed by atoms with Crippen LogP contribution in [0.15, 0.2) is 47.8 Å². The van der Waals surface area contributed by atoms with Crippen LogP contribution < -0.4 is 0 Å². The van der Waals surface area contributed by atoms with Gasteiger partial charge in [0.1, 0.15) is 0 Å². The molecule has 1 aromatic carbocycles. The number of para-hydroxylation sites is 1. The van der Waals surface area contributed by atoms with Crippen LogP contribution in [0.5, 0.6) is 0 Å². The molecule has 24 heavy (non-hydrogen) atoms. The fourth-order valence-corrected chi connectivity index (χ4v) is 3.32. The van der Waals surface area contributed by atoms with Gasteiger partial charge in [0.05, 0.1) is 23.8 Å². The molecule has 3 heterocycles. The first-order valence-electron chi connectivity index (χ1n) is 7.76. The zero-order valence-corrected chi connectivity index (χ0v) is 13.8. The molecule has 0 bridgehead atoms. The third-order valence-corrected chi connectivity index (χ3v) is 4.70. The van der Waals surface area contributed by atoms with Crippen LogP contribution in [-0.2, 0) is 4.74 Å². The summed E-state index contributed by atoms with van der Waals surface area (Å²) in [6, 6.07) is 13.7. The molecule has 0 N–H and O–H groups in total. The normalized spacial score (nSPS) is 14.8. The first-order valence-corrected chi connectivity index (χ1v) is 8.64. The van der Waals surface area contributed by atoms with E-state index in [0.29, 0.717) is 32.1 Å². The lowest BCUT2D eigenvalue weighted by Gasteiger charge is -2.25. The number of aromatic nitrogens is 3. The summed E-state index contributed by atoms with van der Waals surface area (Å²) in [7, 11) is 0. The van der Waals surface area contributed by atoms with Gasteiger partial charge in [-0.3, -0.25) is 4.79 Å². The van der Waals surface area contributed by atoms with Gasteiger partial charge in [0.15, 0.2) is 5.82 Å². The molecule has 1 saturated heterocycles. The molecule has 3 aromatic rings. The predicted octanol–water partition coefficient (Wildman–Crippen LogP) is 2.47. The van der Waals surface area contributed by atoms with Gasteiger partial charge in [-0.05, 0) is 23.6 Å². The van der Waals surface area contributed by atoms with E-state index in [1.807, 2.05) is 47.8 Å². The standard InChI is InChI=1S/C17H16N4O2S/c22-17(20-8-10-23-11-9-20)15-18-16(14-7-4-12-24-14)21(19-15)13-5-2-1-3-6-13/h1-7,12H,8-11H2. The largest absolute Gasteiger partial charge is 0.378 e. The third kappa shape index (κ3) is 2.83. The van der Waals surface area contributed by atoms with E-state index in [4.69, 9.17) is 4.74 Å². The Bertz CT molecular complexity index is 824. The quantitative estimate of drug-likeness (QED) is 0.735. The summed E-state index contributed by atoms with van der Waals surface area (Å²) in [6.45, 7) is 2.27. The summed E-state index contributed by atoms with van der Waals surface area (Å²) in [6.07, 6.45) is 0. The maximum Gasteiger partial charge on any atom is 0.293 e. The highest BCUT2D eigenvalue weighted by Gasteiger charge is 2.25. The van der Waals surface area contributed by atoms with E-state index in [1.165, 1.54) is 0 Å². The average molecular weight is 340 g/mol. The lowest BCUT2D eigenvalue weighted by atomic mass is 10.3. The molecule has 1 fully saturated rings. The molecule has 0 atom stereocenters. The van der Waals surface area contributed by atoms with Crippen molar-refractivity contribution in [2.75, 3.05) is 26.3 Å². The summed E-state index contributed by atoms with van der Waals surface area (Å²) >= 11 is 1.58. The van der Waals surface area contributed by atoms with Crippen LogP contribution in [0.2, 0.25) is 0 Å². The molecule has 0 aliphatic carbocycles. The number of hydrogen-bond acceptors (Lipinski definition) is 5. The van der Waals surface area contributed by atoms with Gasteiger partial charge in [-0.2, -0.15) is 0 Å². The van der Waals surface area contributed by atoms with Gasteiger partial charge in [-0.25, -0.2) is 9.67 Å². The minimum Gasteiger partial charge on any atom is -0.378 e. The fourth-order valence-electron chi connectivity index (χ4n) is 2.63. The zero-order chi connectivity index (χ0) is 16.4. The predicted molar refractivity (Wildman–Crippen MR) is 91.4 cm³/mol. The maximum atomic E-state index is 12.7. The van der Waals surface area contributed by atoms with Crippen molar-refractivity contribution in [2.24, 2.45) is 0 Å². The van der Waals surface area contributed by atoms with Gasteiger partial charge in [0, 0.05) is 13.1 Å². The Morgan fingerprint density at radius 3 is 2.58 bits per heavy atom. The van der Waals surface area contributed by atoms with Gasteiger partial charge in [-0.15, -0.1) is 16.4 Å². The summed E-state index contributed by atoms with van der Waals surface area (Å²) in [5.41, 5.74) is 0.884. The van der Waals surface area contributed by atoms with Crippen molar-refractivity contribution in [3.63, 3.8) is 0 Å². The molecule has 1 aliphatic heterocycles. The zero-order valence-electron chi connectivity index (χ0n) is 13.0. The lowest BCUT2D eigenvalue weighted by molar-refractivity contribution is 0.0295. The maximum absolute atomic E-state index is 12.7. The minimum absolute atomic E-state index is 0.147. The van der Waals surface area contributed by atoms with Crippen LogP contribution in [0.3, 0.4) is 0 Å². The highest BCUT2D eigenvalue weighted by Crippen LogP contribution is 2.25. The second kappa shape index (κ2) is 6.54. The van der Waals surface area contributed by atoms with Gasteiger partial charge >= 0.3 is 0 Å². The molecule has 122 valence electrons. The number of rotatable bonds is 3.